The molecule has 0 aliphatic heterocycles. The molecule has 3 atom stereocenters. The van der Waals surface area contributed by atoms with Crippen molar-refractivity contribution in [2.75, 3.05) is 18.6 Å². The van der Waals surface area contributed by atoms with E-state index >= 15 is 0 Å². The summed E-state index contributed by atoms with van der Waals surface area (Å²) in [6.45, 7) is 0.244. The van der Waals surface area contributed by atoms with Crippen LogP contribution in [0.1, 0.15) is 49.1 Å². The highest BCUT2D eigenvalue weighted by Gasteiger charge is 2.33. The lowest BCUT2D eigenvalue weighted by Gasteiger charge is -2.22. The van der Waals surface area contributed by atoms with Crippen molar-refractivity contribution >= 4 is 29.7 Å². The summed E-state index contributed by atoms with van der Waals surface area (Å²) < 4.78 is 5.66. The Morgan fingerprint density at radius 2 is 1.71 bits per heavy atom. The third-order valence-electron chi connectivity index (χ3n) is 7.00. The number of hydrogen-bond donors (Lipinski definition) is 3. The van der Waals surface area contributed by atoms with Crippen LogP contribution in [0.4, 0.5) is 4.79 Å². The largest absolute Gasteiger partial charge is 0.480 e. The van der Waals surface area contributed by atoms with Gasteiger partial charge in [-0.2, -0.15) is 11.8 Å². The van der Waals surface area contributed by atoms with Crippen LogP contribution in [0.3, 0.4) is 0 Å². The van der Waals surface area contributed by atoms with Crippen molar-refractivity contribution in [2.24, 2.45) is 5.92 Å². The van der Waals surface area contributed by atoms with Crippen LogP contribution in [-0.4, -0.2) is 53.8 Å². The van der Waals surface area contributed by atoms with Crippen LogP contribution in [0.25, 0.3) is 11.1 Å². The van der Waals surface area contributed by atoms with Crippen molar-refractivity contribution in [3.63, 3.8) is 0 Å². The average molecular weight is 497 g/mol. The molecule has 1 fully saturated rings. The standard InChI is InChI=1S/C27H32N2O5S/c1-35-14-13-24(26(31)32)28-25(30)15-17-7-6-12-23(17)29-27(33)34-16-22-20-10-4-2-8-18(20)19-9-3-5-11-21(19)22/h2-5,8-11,17,22-24H,6-7,12-16H2,1H3,(H,28,30)(H,29,33)(H,31,32)/t17?,23?,24-/m1/s1. The van der Waals surface area contributed by atoms with E-state index in [1.807, 2.05) is 30.5 Å². The maximum Gasteiger partial charge on any atom is 0.407 e. The van der Waals surface area contributed by atoms with Gasteiger partial charge in [0.15, 0.2) is 0 Å². The molecule has 2 unspecified atom stereocenters. The first kappa shape index (κ1) is 25.1. The molecule has 4 rings (SSSR count). The molecule has 3 N–H and O–H groups in total. The number of carboxylic acid groups (broad SMARTS) is 1. The predicted octanol–water partition coefficient (Wildman–Crippen LogP) is 4.41. The number of alkyl carbamates (subject to hydrolysis) is 1. The number of amides is 2. The lowest BCUT2D eigenvalue weighted by molar-refractivity contribution is -0.142. The molecule has 0 saturated heterocycles. The number of hydrogen-bond acceptors (Lipinski definition) is 5. The summed E-state index contributed by atoms with van der Waals surface area (Å²) in [7, 11) is 0. The van der Waals surface area contributed by atoms with Gasteiger partial charge in [-0.1, -0.05) is 55.0 Å². The summed E-state index contributed by atoms with van der Waals surface area (Å²) in [5.74, 6) is -0.693. The Balaban J connectivity index is 1.30. The minimum atomic E-state index is -1.02. The van der Waals surface area contributed by atoms with Gasteiger partial charge in [-0.3, -0.25) is 4.79 Å². The van der Waals surface area contributed by atoms with E-state index < -0.39 is 18.1 Å². The van der Waals surface area contributed by atoms with Gasteiger partial charge in [-0.25, -0.2) is 9.59 Å². The molecule has 2 aliphatic carbocycles. The molecule has 2 aromatic carbocycles. The molecule has 0 aromatic heterocycles. The van der Waals surface area contributed by atoms with Crippen molar-refractivity contribution in [2.45, 2.75) is 50.1 Å². The van der Waals surface area contributed by atoms with Crippen molar-refractivity contribution < 1.29 is 24.2 Å². The number of thioether (sulfide) groups is 1. The maximum atomic E-state index is 12.7. The highest BCUT2D eigenvalue weighted by molar-refractivity contribution is 7.98. The minimum absolute atomic E-state index is 0.00691. The summed E-state index contributed by atoms with van der Waals surface area (Å²) >= 11 is 1.54. The van der Waals surface area contributed by atoms with Gasteiger partial charge in [0.1, 0.15) is 12.6 Å². The van der Waals surface area contributed by atoms with Crippen molar-refractivity contribution in [3.8, 4) is 11.1 Å². The van der Waals surface area contributed by atoms with Crippen LogP contribution in [0.2, 0.25) is 0 Å². The molecule has 2 amide bonds. The van der Waals surface area contributed by atoms with E-state index in [4.69, 9.17) is 4.74 Å². The first-order valence-corrected chi connectivity index (χ1v) is 13.5. The molecule has 0 radical (unpaired) electrons. The van der Waals surface area contributed by atoms with Crippen LogP contribution in [0.5, 0.6) is 0 Å². The number of ether oxygens (including phenoxy) is 1. The Hall–Kier alpha value is -3.00. The number of rotatable bonds is 10. The van der Waals surface area contributed by atoms with E-state index in [0.717, 1.165) is 30.4 Å². The molecule has 0 heterocycles. The van der Waals surface area contributed by atoms with Crippen LogP contribution >= 0.6 is 11.8 Å². The number of fused-ring (bicyclic) bond motifs is 3. The zero-order valence-corrected chi connectivity index (χ0v) is 20.7. The fraction of sp³-hybridized carbons (Fsp3) is 0.444. The second-order valence-corrected chi connectivity index (χ2v) is 10.2. The zero-order valence-electron chi connectivity index (χ0n) is 19.9. The second kappa shape index (κ2) is 11.6. The Bertz CT molecular complexity index is 1030. The quantitative estimate of drug-likeness (QED) is 0.450. The Kier molecular flexibility index (Phi) is 8.33. The summed E-state index contributed by atoms with van der Waals surface area (Å²) in [5, 5.41) is 14.9. The van der Waals surface area contributed by atoms with E-state index in [9.17, 15) is 19.5 Å². The van der Waals surface area contributed by atoms with Crippen molar-refractivity contribution in [1.29, 1.82) is 0 Å². The Morgan fingerprint density at radius 1 is 1.06 bits per heavy atom. The van der Waals surface area contributed by atoms with Gasteiger partial charge >= 0.3 is 12.1 Å². The number of nitrogens with one attached hydrogen (secondary N) is 2. The van der Waals surface area contributed by atoms with Gasteiger partial charge in [0, 0.05) is 18.4 Å². The van der Waals surface area contributed by atoms with E-state index in [0.29, 0.717) is 12.2 Å². The van der Waals surface area contributed by atoms with Crippen molar-refractivity contribution in [3.05, 3.63) is 59.7 Å². The third kappa shape index (κ3) is 5.99. The smallest absolute Gasteiger partial charge is 0.407 e. The fourth-order valence-corrected chi connectivity index (χ4v) is 5.72. The fourth-order valence-electron chi connectivity index (χ4n) is 5.25. The summed E-state index contributed by atoms with van der Waals surface area (Å²) in [5.41, 5.74) is 4.67. The van der Waals surface area contributed by atoms with Gasteiger partial charge < -0.3 is 20.5 Å². The van der Waals surface area contributed by atoms with Gasteiger partial charge in [-0.15, -0.1) is 0 Å². The molecule has 186 valence electrons. The minimum Gasteiger partial charge on any atom is -0.480 e. The van der Waals surface area contributed by atoms with Gasteiger partial charge in [0.2, 0.25) is 5.91 Å². The molecule has 0 bridgehead atoms. The first-order chi connectivity index (χ1) is 17.0. The van der Waals surface area contributed by atoms with Gasteiger partial charge in [0.25, 0.3) is 0 Å². The zero-order chi connectivity index (χ0) is 24.8. The number of carboxylic acids is 1. The van der Waals surface area contributed by atoms with E-state index in [1.54, 1.807) is 11.8 Å². The van der Waals surface area contributed by atoms with Gasteiger partial charge in [0.05, 0.1) is 0 Å². The molecule has 8 heteroatoms. The summed E-state index contributed by atoms with van der Waals surface area (Å²) in [4.78, 5) is 36.6. The van der Waals surface area contributed by atoms with Crippen molar-refractivity contribution in [1.82, 2.24) is 10.6 Å². The monoisotopic (exact) mass is 496 g/mol. The highest BCUT2D eigenvalue weighted by atomic mass is 32.2. The van der Waals surface area contributed by atoms with Crippen LogP contribution in [-0.2, 0) is 14.3 Å². The number of carbonyl (C=O) groups excluding carboxylic acids is 2. The topological polar surface area (TPSA) is 105 Å². The molecule has 0 spiro atoms. The predicted molar refractivity (Wildman–Crippen MR) is 137 cm³/mol. The Morgan fingerprint density at radius 3 is 2.34 bits per heavy atom. The lowest BCUT2D eigenvalue weighted by atomic mass is 9.98. The molecular formula is C27H32N2O5S. The number of carbonyl (C=O) groups is 3. The third-order valence-corrected chi connectivity index (χ3v) is 7.64. The molecular weight excluding hydrogens is 464 g/mol. The van der Waals surface area contributed by atoms with E-state index in [2.05, 4.69) is 34.9 Å². The molecule has 1 saturated carbocycles. The van der Waals surface area contributed by atoms with Crippen LogP contribution in [0.15, 0.2) is 48.5 Å². The number of benzene rings is 2. The van der Waals surface area contributed by atoms with Gasteiger partial charge in [-0.05, 0) is 59.4 Å². The first-order valence-electron chi connectivity index (χ1n) is 12.1. The lowest BCUT2D eigenvalue weighted by Crippen LogP contribution is -2.44. The molecule has 2 aromatic rings. The van der Waals surface area contributed by atoms with Crippen LogP contribution < -0.4 is 10.6 Å². The Labute approximate surface area is 210 Å². The molecule has 35 heavy (non-hydrogen) atoms. The maximum absolute atomic E-state index is 12.7. The summed E-state index contributed by atoms with van der Waals surface area (Å²) in [6.07, 6.45) is 4.49. The van der Waals surface area contributed by atoms with E-state index in [-0.39, 0.29) is 36.8 Å². The number of aliphatic carboxylic acids is 1. The molecule has 7 nitrogen and oxygen atoms in total. The normalized spacial score (nSPS) is 19.5. The highest BCUT2D eigenvalue weighted by Crippen LogP contribution is 2.44. The second-order valence-electron chi connectivity index (χ2n) is 9.21. The van der Waals surface area contributed by atoms with E-state index in [1.165, 1.54) is 11.1 Å². The molecule has 2 aliphatic rings. The average Bonchev–Trinajstić information content (AvgIpc) is 3.42. The summed E-state index contributed by atoms with van der Waals surface area (Å²) in [6, 6.07) is 15.3. The van der Waals surface area contributed by atoms with Crippen LogP contribution in [0, 0.1) is 5.92 Å². The SMILES string of the molecule is CSCC[C@@H](NC(=O)CC1CCCC1NC(=O)OCC1c2ccccc2-c2ccccc21)C(=O)O.